The van der Waals surface area contributed by atoms with Gasteiger partial charge in [0.05, 0.1) is 12.4 Å². The van der Waals surface area contributed by atoms with Crippen LogP contribution in [0.2, 0.25) is 0 Å². The monoisotopic (exact) mass is 271 g/mol. The van der Waals surface area contributed by atoms with Crippen molar-refractivity contribution in [1.82, 2.24) is 0 Å². The normalized spacial score (nSPS) is 13.3. The van der Waals surface area contributed by atoms with Gasteiger partial charge in [0.1, 0.15) is 15.6 Å². The van der Waals surface area contributed by atoms with E-state index < -0.39 is 9.84 Å². The fourth-order valence-corrected chi connectivity index (χ4v) is 2.35. The topological polar surface area (TPSA) is 69.4 Å². The molecule has 1 rings (SSSR count). The van der Waals surface area contributed by atoms with Crippen LogP contribution < -0.4 is 10.5 Å². The van der Waals surface area contributed by atoms with Crippen molar-refractivity contribution in [2.24, 2.45) is 5.73 Å². The van der Waals surface area contributed by atoms with E-state index in [0.717, 1.165) is 11.3 Å². The van der Waals surface area contributed by atoms with Crippen LogP contribution >= 0.6 is 0 Å². The lowest BCUT2D eigenvalue weighted by Gasteiger charge is -2.10. The lowest BCUT2D eigenvalue weighted by atomic mass is 10.1. The number of nitrogens with two attached hydrogens (primary N) is 1. The lowest BCUT2D eigenvalue weighted by molar-refractivity contribution is 0.317. The second-order valence-electron chi connectivity index (χ2n) is 4.30. The maximum atomic E-state index is 11.3. The van der Waals surface area contributed by atoms with Crippen molar-refractivity contribution in [3.63, 3.8) is 0 Å². The molecule has 2 N–H and O–H groups in total. The van der Waals surface area contributed by atoms with Gasteiger partial charge in [0, 0.05) is 11.8 Å². The first-order valence-electron chi connectivity index (χ1n) is 6.13. The molecule has 0 bridgehead atoms. The Hall–Kier alpha value is -1.07. The lowest BCUT2D eigenvalue weighted by Crippen LogP contribution is -2.12. The maximum Gasteiger partial charge on any atom is 0.150 e. The molecule has 0 aromatic heterocycles. The SMILES string of the molecule is CCS(=O)(=O)CCCOc1cccc([C@H](C)N)c1. The summed E-state index contributed by atoms with van der Waals surface area (Å²) in [6.45, 7) is 3.97. The van der Waals surface area contributed by atoms with Gasteiger partial charge >= 0.3 is 0 Å². The minimum absolute atomic E-state index is 0.0333. The van der Waals surface area contributed by atoms with E-state index in [2.05, 4.69) is 0 Å². The van der Waals surface area contributed by atoms with Gasteiger partial charge in [-0.1, -0.05) is 19.1 Å². The van der Waals surface area contributed by atoms with Gasteiger partial charge in [-0.2, -0.15) is 0 Å². The fourth-order valence-electron chi connectivity index (χ4n) is 1.50. The van der Waals surface area contributed by atoms with Gasteiger partial charge in [-0.15, -0.1) is 0 Å². The van der Waals surface area contributed by atoms with E-state index in [1.165, 1.54) is 0 Å². The van der Waals surface area contributed by atoms with Crippen LogP contribution in [0, 0.1) is 0 Å². The second kappa shape index (κ2) is 6.75. The Morgan fingerprint density at radius 2 is 2.11 bits per heavy atom. The highest BCUT2D eigenvalue weighted by Gasteiger charge is 2.07. The molecule has 0 spiro atoms. The summed E-state index contributed by atoms with van der Waals surface area (Å²) >= 11 is 0. The van der Waals surface area contributed by atoms with Gasteiger partial charge in [-0.25, -0.2) is 8.42 Å². The van der Waals surface area contributed by atoms with Crippen LogP contribution in [0.1, 0.15) is 31.9 Å². The van der Waals surface area contributed by atoms with Crippen molar-refractivity contribution in [1.29, 1.82) is 0 Å². The highest BCUT2D eigenvalue weighted by Crippen LogP contribution is 2.17. The van der Waals surface area contributed by atoms with Gasteiger partial charge in [-0.05, 0) is 31.0 Å². The molecule has 0 saturated carbocycles. The molecule has 0 saturated heterocycles. The predicted octanol–water partition coefficient (Wildman–Crippen LogP) is 1.91. The molecule has 5 heteroatoms. The zero-order valence-corrected chi connectivity index (χ0v) is 11.7. The number of benzene rings is 1. The van der Waals surface area contributed by atoms with Crippen LogP contribution in [0.15, 0.2) is 24.3 Å². The summed E-state index contributed by atoms with van der Waals surface area (Å²) in [5.41, 5.74) is 6.79. The Bertz CT molecular complexity index is 469. The third-order valence-electron chi connectivity index (χ3n) is 2.69. The number of hydrogen-bond donors (Lipinski definition) is 1. The average molecular weight is 271 g/mol. The molecule has 0 amide bonds. The largest absolute Gasteiger partial charge is 0.494 e. The summed E-state index contributed by atoms with van der Waals surface area (Å²) in [5, 5.41) is 0. The Morgan fingerprint density at radius 1 is 1.39 bits per heavy atom. The maximum absolute atomic E-state index is 11.3. The molecule has 4 nitrogen and oxygen atoms in total. The third-order valence-corrected chi connectivity index (χ3v) is 4.48. The van der Waals surface area contributed by atoms with Crippen molar-refractivity contribution in [3.8, 4) is 5.75 Å². The first kappa shape index (κ1) is 15.0. The second-order valence-corrected chi connectivity index (χ2v) is 6.77. The molecule has 1 aromatic carbocycles. The molecule has 0 radical (unpaired) electrons. The van der Waals surface area contributed by atoms with Crippen LogP contribution in [0.25, 0.3) is 0 Å². The first-order valence-corrected chi connectivity index (χ1v) is 7.95. The molecule has 0 heterocycles. The van der Waals surface area contributed by atoms with E-state index in [-0.39, 0.29) is 17.5 Å². The van der Waals surface area contributed by atoms with E-state index in [4.69, 9.17) is 10.5 Å². The minimum Gasteiger partial charge on any atom is -0.494 e. The highest BCUT2D eigenvalue weighted by atomic mass is 32.2. The van der Waals surface area contributed by atoms with Crippen molar-refractivity contribution < 1.29 is 13.2 Å². The quantitative estimate of drug-likeness (QED) is 0.769. The third kappa shape index (κ3) is 5.06. The van der Waals surface area contributed by atoms with E-state index in [0.29, 0.717) is 13.0 Å². The molecule has 0 aliphatic rings. The van der Waals surface area contributed by atoms with Crippen LogP contribution in [0.3, 0.4) is 0 Å². The number of ether oxygens (including phenoxy) is 1. The van der Waals surface area contributed by atoms with Crippen molar-refractivity contribution in [2.75, 3.05) is 18.1 Å². The van der Waals surface area contributed by atoms with Gasteiger partial charge in [0.2, 0.25) is 0 Å². The Kier molecular flexibility index (Phi) is 5.62. The molecule has 0 aliphatic carbocycles. The van der Waals surface area contributed by atoms with Gasteiger partial charge in [0.25, 0.3) is 0 Å². The van der Waals surface area contributed by atoms with Gasteiger partial charge in [0.15, 0.2) is 0 Å². The molecular formula is C13H21NO3S. The summed E-state index contributed by atoms with van der Waals surface area (Å²) in [5.74, 6) is 1.10. The van der Waals surface area contributed by atoms with Crippen LogP contribution in [0.4, 0.5) is 0 Å². The summed E-state index contributed by atoms with van der Waals surface area (Å²) in [7, 11) is -2.90. The molecule has 1 aromatic rings. The summed E-state index contributed by atoms with van der Waals surface area (Å²) in [6.07, 6.45) is 0.512. The van der Waals surface area contributed by atoms with Crippen molar-refractivity contribution in [3.05, 3.63) is 29.8 Å². The highest BCUT2D eigenvalue weighted by molar-refractivity contribution is 7.91. The van der Waals surface area contributed by atoms with Crippen molar-refractivity contribution >= 4 is 9.84 Å². The summed E-state index contributed by atoms with van der Waals surface area (Å²) < 4.78 is 28.1. The number of sulfone groups is 1. The first-order chi connectivity index (χ1) is 8.44. The number of hydrogen-bond acceptors (Lipinski definition) is 4. The van der Waals surface area contributed by atoms with Crippen LogP contribution in [-0.4, -0.2) is 26.5 Å². The fraction of sp³-hybridized carbons (Fsp3) is 0.538. The minimum atomic E-state index is -2.90. The molecule has 102 valence electrons. The molecule has 0 fully saturated rings. The van der Waals surface area contributed by atoms with E-state index in [1.807, 2.05) is 31.2 Å². The van der Waals surface area contributed by atoms with E-state index in [1.54, 1.807) is 6.92 Å². The average Bonchev–Trinajstić information content (AvgIpc) is 2.35. The zero-order chi connectivity index (χ0) is 13.6. The van der Waals surface area contributed by atoms with E-state index >= 15 is 0 Å². The molecular weight excluding hydrogens is 250 g/mol. The Balaban J connectivity index is 2.42. The van der Waals surface area contributed by atoms with Crippen LogP contribution in [-0.2, 0) is 9.84 Å². The molecule has 0 unspecified atom stereocenters. The Labute approximate surface area is 109 Å². The van der Waals surface area contributed by atoms with Crippen LogP contribution in [0.5, 0.6) is 5.75 Å². The van der Waals surface area contributed by atoms with Gasteiger partial charge < -0.3 is 10.5 Å². The summed E-state index contributed by atoms with van der Waals surface area (Å²) in [4.78, 5) is 0. The zero-order valence-electron chi connectivity index (χ0n) is 10.9. The number of rotatable bonds is 7. The smallest absolute Gasteiger partial charge is 0.150 e. The van der Waals surface area contributed by atoms with E-state index in [9.17, 15) is 8.42 Å². The molecule has 0 aliphatic heterocycles. The Morgan fingerprint density at radius 3 is 2.72 bits per heavy atom. The van der Waals surface area contributed by atoms with Gasteiger partial charge in [-0.3, -0.25) is 0 Å². The summed E-state index contributed by atoms with van der Waals surface area (Å²) in [6, 6.07) is 7.53. The standard InChI is InChI=1S/C13H21NO3S/c1-3-18(15,16)9-5-8-17-13-7-4-6-12(10-13)11(2)14/h4,6-7,10-11H,3,5,8-9,14H2,1-2H3/t11-/m0/s1. The molecule has 18 heavy (non-hydrogen) atoms. The van der Waals surface area contributed by atoms with Crippen molar-refractivity contribution in [2.45, 2.75) is 26.3 Å². The predicted molar refractivity (Wildman–Crippen MR) is 73.5 cm³/mol. The molecule has 1 atom stereocenters.